The largest absolute Gasteiger partial charge is 0.497 e. The van der Waals surface area contributed by atoms with E-state index in [9.17, 15) is 8.42 Å². The Balaban J connectivity index is 1.46. The summed E-state index contributed by atoms with van der Waals surface area (Å²) in [5, 5.41) is 3.26. The van der Waals surface area contributed by atoms with Crippen LogP contribution >= 0.6 is 0 Å². The lowest BCUT2D eigenvalue weighted by atomic mass is 10.1. The summed E-state index contributed by atoms with van der Waals surface area (Å²) in [6, 6.07) is 24.8. The van der Waals surface area contributed by atoms with E-state index in [4.69, 9.17) is 9.47 Å². The van der Waals surface area contributed by atoms with E-state index in [0.717, 1.165) is 45.8 Å². The third kappa shape index (κ3) is 7.02. The van der Waals surface area contributed by atoms with Crippen molar-refractivity contribution in [3.8, 4) is 22.8 Å². The fraction of sp³-hybridized carbons (Fsp3) is 0.154. The number of nitrogens with zero attached hydrogens (tertiary/aromatic N) is 2. The SMILES string of the molecule is COc1ccc(COc2ccccc2-c2cc(Nc3ccc(CNS(C)(=O)=O)cc3)ncn2)cc1. The van der Waals surface area contributed by atoms with Crippen molar-refractivity contribution in [2.45, 2.75) is 13.2 Å². The van der Waals surface area contributed by atoms with Gasteiger partial charge in [0.25, 0.3) is 0 Å². The fourth-order valence-electron chi connectivity index (χ4n) is 3.33. The van der Waals surface area contributed by atoms with Crippen LogP contribution in [-0.4, -0.2) is 31.8 Å². The third-order valence-corrected chi connectivity index (χ3v) is 5.82. The number of benzene rings is 3. The molecular formula is C26H26N4O4S. The molecule has 0 saturated heterocycles. The molecule has 0 bridgehead atoms. The Morgan fingerprint density at radius 2 is 1.60 bits per heavy atom. The van der Waals surface area contributed by atoms with Crippen LogP contribution in [0.1, 0.15) is 11.1 Å². The first-order valence-corrected chi connectivity index (χ1v) is 12.8. The van der Waals surface area contributed by atoms with Crippen molar-refractivity contribution < 1.29 is 17.9 Å². The molecule has 8 nitrogen and oxygen atoms in total. The van der Waals surface area contributed by atoms with Crippen LogP contribution in [0.15, 0.2) is 85.2 Å². The Hall–Kier alpha value is -3.95. The topological polar surface area (TPSA) is 102 Å². The summed E-state index contributed by atoms with van der Waals surface area (Å²) in [4.78, 5) is 8.76. The van der Waals surface area contributed by atoms with Gasteiger partial charge in [0.05, 0.1) is 19.1 Å². The molecule has 2 N–H and O–H groups in total. The van der Waals surface area contributed by atoms with Crippen molar-refractivity contribution in [1.82, 2.24) is 14.7 Å². The second-order valence-electron chi connectivity index (χ2n) is 7.84. The monoisotopic (exact) mass is 490 g/mol. The average Bonchev–Trinajstić information content (AvgIpc) is 2.87. The summed E-state index contributed by atoms with van der Waals surface area (Å²) < 4.78 is 36.3. The molecule has 1 aromatic heterocycles. The molecule has 180 valence electrons. The zero-order valence-corrected chi connectivity index (χ0v) is 20.2. The number of rotatable bonds is 10. The minimum Gasteiger partial charge on any atom is -0.497 e. The maximum atomic E-state index is 11.3. The van der Waals surface area contributed by atoms with E-state index in [1.807, 2.05) is 78.9 Å². The van der Waals surface area contributed by atoms with Gasteiger partial charge in [-0.25, -0.2) is 23.1 Å². The lowest BCUT2D eigenvalue weighted by molar-refractivity contribution is 0.307. The van der Waals surface area contributed by atoms with E-state index >= 15 is 0 Å². The summed E-state index contributed by atoms with van der Waals surface area (Å²) in [5.41, 5.74) is 4.28. The van der Waals surface area contributed by atoms with Crippen LogP contribution in [0.5, 0.6) is 11.5 Å². The average molecular weight is 491 g/mol. The molecule has 0 fully saturated rings. The molecule has 0 aliphatic rings. The molecule has 35 heavy (non-hydrogen) atoms. The Morgan fingerprint density at radius 1 is 0.886 bits per heavy atom. The minimum atomic E-state index is -3.24. The summed E-state index contributed by atoms with van der Waals surface area (Å²) in [5.74, 6) is 2.15. The van der Waals surface area contributed by atoms with Crippen LogP contribution in [0.4, 0.5) is 11.5 Å². The predicted octanol–water partition coefficient (Wildman–Crippen LogP) is 4.52. The maximum absolute atomic E-state index is 11.3. The van der Waals surface area contributed by atoms with Gasteiger partial charge in [-0.15, -0.1) is 0 Å². The molecule has 0 saturated carbocycles. The predicted molar refractivity (Wildman–Crippen MR) is 136 cm³/mol. The van der Waals surface area contributed by atoms with Gasteiger partial charge in [-0.1, -0.05) is 36.4 Å². The van der Waals surface area contributed by atoms with Gasteiger partial charge in [0, 0.05) is 23.9 Å². The molecule has 0 aliphatic carbocycles. The number of nitrogens with one attached hydrogen (secondary N) is 2. The number of aromatic nitrogens is 2. The first-order chi connectivity index (χ1) is 16.9. The Labute approximate surface area is 205 Å². The molecule has 0 spiro atoms. The van der Waals surface area contributed by atoms with Crippen molar-refractivity contribution in [3.05, 3.63) is 96.3 Å². The second-order valence-corrected chi connectivity index (χ2v) is 9.67. The van der Waals surface area contributed by atoms with Crippen molar-refractivity contribution >= 4 is 21.5 Å². The van der Waals surface area contributed by atoms with Gasteiger partial charge in [0.2, 0.25) is 10.0 Å². The number of hydrogen-bond donors (Lipinski definition) is 2. The van der Waals surface area contributed by atoms with Crippen LogP contribution in [0.3, 0.4) is 0 Å². The van der Waals surface area contributed by atoms with E-state index in [-0.39, 0.29) is 6.54 Å². The molecule has 4 aromatic rings. The van der Waals surface area contributed by atoms with Gasteiger partial charge in [0.1, 0.15) is 30.3 Å². The number of methoxy groups -OCH3 is 1. The Kier molecular flexibility index (Phi) is 7.59. The lowest BCUT2D eigenvalue weighted by Crippen LogP contribution is -2.21. The van der Waals surface area contributed by atoms with Crippen LogP contribution in [0.25, 0.3) is 11.3 Å². The molecule has 0 atom stereocenters. The smallest absolute Gasteiger partial charge is 0.209 e. The zero-order chi connectivity index (χ0) is 24.7. The molecule has 0 unspecified atom stereocenters. The fourth-order valence-corrected chi connectivity index (χ4v) is 3.76. The van der Waals surface area contributed by atoms with Crippen LogP contribution < -0.4 is 19.5 Å². The first kappa shape index (κ1) is 24.2. The van der Waals surface area contributed by atoms with Gasteiger partial charge in [-0.3, -0.25) is 0 Å². The van der Waals surface area contributed by atoms with E-state index in [0.29, 0.717) is 12.4 Å². The number of sulfonamides is 1. The van der Waals surface area contributed by atoms with Crippen LogP contribution in [-0.2, 0) is 23.2 Å². The van der Waals surface area contributed by atoms with Crippen molar-refractivity contribution in [3.63, 3.8) is 0 Å². The Morgan fingerprint density at radius 3 is 2.31 bits per heavy atom. The standard InChI is InChI=1S/C26H26N4O4S/c1-33-22-13-9-20(10-14-22)17-34-25-6-4-3-5-23(25)24-15-26(28-18-27-24)30-21-11-7-19(8-12-21)16-29-35(2,31)32/h3-15,18,29H,16-17H2,1-2H3,(H,27,28,30). The van der Waals surface area contributed by atoms with Crippen LogP contribution in [0, 0.1) is 0 Å². The number of ether oxygens (including phenoxy) is 2. The lowest BCUT2D eigenvalue weighted by Gasteiger charge is -2.13. The van der Waals surface area contributed by atoms with Crippen molar-refractivity contribution in [1.29, 1.82) is 0 Å². The number of para-hydroxylation sites is 1. The van der Waals surface area contributed by atoms with Gasteiger partial charge in [-0.2, -0.15) is 0 Å². The highest BCUT2D eigenvalue weighted by Gasteiger charge is 2.10. The molecule has 3 aromatic carbocycles. The molecule has 0 radical (unpaired) electrons. The van der Waals surface area contributed by atoms with Gasteiger partial charge in [0.15, 0.2) is 0 Å². The van der Waals surface area contributed by atoms with Gasteiger partial charge < -0.3 is 14.8 Å². The molecular weight excluding hydrogens is 464 g/mol. The number of hydrogen-bond acceptors (Lipinski definition) is 7. The number of anilines is 2. The highest BCUT2D eigenvalue weighted by Crippen LogP contribution is 2.30. The molecule has 0 aliphatic heterocycles. The van der Waals surface area contributed by atoms with Crippen LogP contribution in [0.2, 0.25) is 0 Å². The molecule has 1 heterocycles. The normalized spacial score (nSPS) is 11.1. The van der Waals surface area contributed by atoms with Crippen molar-refractivity contribution in [2.75, 3.05) is 18.7 Å². The van der Waals surface area contributed by atoms with E-state index in [1.54, 1.807) is 7.11 Å². The summed E-state index contributed by atoms with van der Waals surface area (Å²) >= 11 is 0. The van der Waals surface area contributed by atoms with Gasteiger partial charge in [-0.05, 0) is 47.5 Å². The quantitative estimate of drug-likeness (QED) is 0.337. The summed E-state index contributed by atoms with van der Waals surface area (Å²) in [6.45, 7) is 0.655. The minimum absolute atomic E-state index is 0.240. The van der Waals surface area contributed by atoms with E-state index in [1.165, 1.54) is 6.33 Å². The van der Waals surface area contributed by atoms with E-state index < -0.39 is 10.0 Å². The summed E-state index contributed by atoms with van der Waals surface area (Å²) in [7, 11) is -1.60. The summed E-state index contributed by atoms with van der Waals surface area (Å²) in [6.07, 6.45) is 2.64. The molecule has 0 amide bonds. The second kappa shape index (κ2) is 11.0. The van der Waals surface area contributed by atoms with Gasteiger partial charge >= 0.3 is 0 Å². The first-order valence-electron chi connectivity index (χ1n) is 10.9. The highest BCUT2D eigenvalue weighted by molar-refractivity contribution is 7.88. The molecule has 4 rings (SSSR count). The maximum Gasteiger partial charge on any atom is 0.209 e. The highest BCUT2D eigenvalue weighted by atomic mass is 32.2. The van der Waals surface area contributed by atoms with Crippen molar-refractivity contribution in [2.24, 2.45) is 0 Å². The van der Waals surface area contributed by atoms with E-state index in [2.05, 4.69) is 20.0 Å². The Bertz CT molecular complexity index is 1380. The zero-order valence-electron chi connectivity index (χ0n) is 19.4. The third-order valence-electron chi connectivity index (χ3n) is 5.15. The molecule has 9 heteroatoms.